The Morgan fingerprint density at radius 2 is 2.60 bits per heavy atom. The van der Waals surface area contributed by atoms with Crippen molar-refractivity contribution in [2.45, 2.75) is 25.5 Å². The maximum absolute atomic E-state index is 9.65. The fourth-order valence-electron chi connectivity index (χ4n) is 1.41. The van der Waals surface area contributed by atoms with Crippen molar-refractivity contribution in [3.05, 3.63) is 18.2 Å². The summed E-state index contributed by atoms with van der Waals surface area (Å²) < 4.78 is 1.99. The first-order chi connectivity index (χ1) is 4.70. The van der Waals surface area contributed by atoms with E-state index in [4.69, 9.17) is 0 Å². The van der Waals surface area contributed by atoms with Crippen LogP contribution in [0.2, 0.25) is 0 Å². The van der Waals surface area contributed by atoms with Gasteiger partial charge in [0.05, 0.1) is 0 Å². The van der Waals surface area contributed by atoms with E-state index in [2.05, 4.69) is 4.98 Å². The third-order valence-corrected chi connectivity index (χ3v) is 2.04. The molecule has 1 aromatic heterocycles. The summed E-state index contributed by atoms with van der Waals surface area (Å²) >= 11 is 0. The van der Waals surface area contributed by atoms with Crippen LogP contribution in [0.15, 0.2) is 12.4 Å². The molecule has 2 rings (SSSR count). The summed E-state index contributed by atoms with van der Waals surface area (Å²) in [7, 11) is 0. The number of aliphatic hydroxyl groups is 1. The van der Waals surface area contributed by atoms with Crippen molar-refractivity contribution in [3.8, 4) is 0 Å². The Balaban J connectivity index is 2.54. The monoisotopic (exact) mass is 138 g/mol. The molecule has 1 N–H and O–H groups in total. The zero-order chi connectivity index (χ0) is 7.19. The van der Waals surface area contributed by atoms with Gasteiger partial charge >= 0.3 is 0 Å². The second-order valence-corrected chi connectivity index (χ2v) is 2.97. The highest BCUT2D eigenvalue weighted by Gasteiger charge is 2.33. The number of aromatic nitrogens is 2. The van der Waals surface area contributed by atoms with Crippen molar-refractivity contribution < 1.29 is 5.11 Å². The zero-order valence-corrected chi connectivity index (χ0v) is 5.91. The van der Waals surface area contributed by atoms with Gasteiger partial charge in [-0.25, -0.2) is 4.98 Å². The molecule has 1 atom stereocenters. The summed E-state index contributed by atoms with van der Waals surface area (Å²) in [4.78, 5) is 4.06. The summed E-state index contributed by atoms with van der Waals surface area (Å²) in [5.74, 6) is 0.799. The summed E-state index contributed by atoms with van der Waals surface area (Å²) in [5, 5.41) is 9.65. The Labute approximate surface area is 59.3 Å². The summed E-state index contributed by atoms with van der Waals surface area (Å²) in [6.07, 6.45) is 4.41. The molecule has 0 bridgehead atoms. The quantitative estimate of drug-likeness (QED) is 0.566. The van der Waals surface area contributed by atoms with E-state index in [0.29, 0.717) is 0 Å². The van der Waals surface area contributed by atoms with Gasteiger partial charge in [0.25, 0.3) is 0 Å². The van der Waals surface area contributed by atoms with Crippen LogP contribution in [0.4, 0.5) is 0 Å². The predicted molar refractivity (Wildman–Crippen MR) is 36.4 cm³/mol. The van der Waals surface area contributed by atoms with Gasteiger partial charge in [0, 0.05) is 25.4 Å². The van der Waals surface area contributed by atoms with E-state index in [1.807, 2.05) is 10.8 Å². The standard InChI is InChI=1S/C7H10N2O/c1-7(10)2-4-9-5-3-8-6(7)9/h3,5,10H,2,4H2,1H3. The number of fused-ring (bicyclic) bond motifs is 1. The lowest BCUT2D eigenvalue weighted by Gasteiger charge is -2.12. The van der Waals surface area contributed by atoms with Crippen LogP contribution in [0.3, 0.4) is 0 Å². The lowest BCUT2D eigenvalue weighted by atomic mass is 10.1. The van der Waals surface area contributed by atoms with Crippen molar-refractivity contribution in [3.63, 3.8) is 0 Å². The predicted octanol–water partition coefficient (Wildman–Crippen LogP) is 0.494. The van der Waals surface area contributed by atoms with Crippen LogP contribution >= 0.6 is 0 Å². The van der Waals surface area contributed by atoms with Crippen LogP contribution in [0.5, 0.6) is 0 Å². The molecular formula is C7H10N2O. The SMILES string of the molecule is CC1(O)CCn2ccnc21. The molecule has 2 heterocycles. The molecule has 0 radical (unpaired) electrons. The minimum absolute atomic E-state index is 0.691. The number of imidazole rings is 1. The fraction of sp³-hybridized carbons (Fsp3) is 0.571. The zero-order valence-electron chi connectivity index (χ0n) is 5.91. The topological polar surface area (TPSA) is 38.0 Å². The van der Waals surface area contributed by atoms with E-state index < -0.39 is 5.60 Å². The van der Waals surface area contributed by atoms with Gasteiger partial charge in [-0.2, -0.15) is 0 Å². The summed E-state index contributed by atoms with van der Waals surface area (Å²) in [5.41, 5.74) is -0.691. The van der Waals surface area contributed by atoms with Crippen molar-refractivity contribution in [2.24, 2.45) is 0 Å². The minimum atomic E-state index is -0.691. The van der Waals surface area contributed by atoms with Crippen molar-refractivity contribution in [2.75, 3.05) is 0 Å². The molecule has 0 spiro atoms. The third kappa shape index (κ3) is 0.609. The van der Waals surface area contributed by atoms with Gasteiger partial charge in [0.15, 0.2) is 0 Å². The number of aryl methyl sites for hydroxylation is 1. The maximum Gasteiger partial charge on any atom is 0.140 e. The lowest BCUT2D eigenvalue weighted by Crippen LogP contribution is -2.17. The van der Waals surface area contributed by atoms with E-state index in [-0.39, 0.29) is 0 Å². The summed E-state index contributed by atoms with van der Waals surface area (Å²) in [6.45, 7) is 2.70. The second kappa shape index (κ2) is 1.61. The van der Waals surface area contributed by atoms with E-state index >= 15 is 0 Å². The molecule has 0 amide bonds. The molecule has 0 aromatic carbocycles. The molecule has 0 saturated heterocycles. The Hall–Kier alpha value is -0.830. The first-order valence-corrected chi connectivity index (χ1v) is 3.44. The molecule has 0 aliphatic carbocycles. The smallest absolute Gasteiger partial charge is 0.140 e. The van der Waals surface area contributed by atoms with Crippen LogP contribution in [-0.4, -0.2) is 14.7 Å². The first-order valence-electron chi connectivity index (χ1n) is 3.44. The van der Waals surface area contributed by atoms with Crippen LogP contribution < -0.4 is 0 Å². The van der Waals surface area contributed by atoms with E-state index in [1.165, 1.54) is 0 Å². The minimum Gasteiger partial charge on any atom is -0.382 e. The van der Waals surface area contributed by atoms with Crippen LogP contribution in [0, 0.1) is 0 Å². The second-order valence-electron chi connectivity index (χ2n) is 2.97. The van der Waals surface area contributed by atoms with Crippen LogP contribution in [0.1, 0.15) is 19.2 Å². The number of hydrogen-bond donors (Lipinski definition) is 1. The molecule has 3 nitrogen and oxygen atoms in total. The average Bonchev–Trinajstić information content (AvgIpc) is 2.36. The van der Waals surface area contributed by atoms with Gasteiger partial charge in [-0.05, 0) is 6.92 Å². The molecule has 0 fully saturated rings. The average molecular weight is 138 g/mol. The van der Waals surface area contributed by atoms with Crippen molar-refractivity contribution >= 4 is 0 Å². The van der Waals surface area contributed by atoms with Crippen molar-refractivity contribution in [1.29, 1.82) is 0 Å². The van der Waals surface area contributed by atoms with Gasteiger partial charge in [-0.3, -0.25) is 0 Å². The number of hydrogen-bond acceptors (Lipinski definition) is 2. The van der Waals surface area contributed by atoms with Gasteiger partial charge in [0.2, 0.25) is 0 Å². The van der Waals surface area contributed by atoms with E-state index in [1.54, 1.807) is 13.1 Å². The van der Waals surface area contributed by atoms with Crippen LogP contribution in [-0.2, 0) is 12.1 Å². The van der Waals surface area contributed by atoms with Gasteiger partial charge in [0.1, 0.15) is 11.4 Å². The third-order valence-electron chi connectivity index (χ3n) is 2.04. The molecule has 3 heteroatoms. The molecule has 0 saturated carbocycles. The van der Waals surface area contributed by atoms with Crippen molar-refractivity contribution in [1.82, 2.24) is 9.55 Å². The van der Waals surface area contributed by atoms with E-state index in [9.17, 15) is 5.11 Å². The highest BCUT2D eigenvalue weighted by atomic mass is 16.3. The lowest BCUT2D eigenvalue weighted by molar-refractivity contribution is 0.0551. The fourth-order valence-corrected chi connectivity index (χ4v) is 1.41. The Morgan fingerprint density at radius 3 is 3.30 bits per heavy atom. The maximum atomic E-state index is 9.65. The molecule has 1 aromatic rings. The van der Waals surface area contributed by atoms with Crippen LogP contribution in [0.25, 0.3) is 0 Å². The Kier molecular flexibility index (Phi) is 0.951. The molecule has 1 aliphatic rings. The number of rotatable bonds is 0. The highest BCUT2D eigenvalue weighted by molar-refractivity contribution is 5.07. The summed E-state index contributed by atoms with van der Waals surface area (Å²) in [6, 6.07) is 0. The molecule has 1 unspecified atom stereocenters. The molecule has 10 heavy (non-hydrogen) atoms. The Bertz CT molecular complexity index is 252. The first kappa shape index (κ1) is 5.92. The van der Waals surface area contributed by atoms with Gasteiger partial charge < -0.3 is 9.67 Å². The van der Waals surface area contributed by atoms with Gasteiger partial charge in [-0.15, -0.1) is 0 Å². The Morgan fingerprint density at radius 1 is 1.80 bits per heavy atom. The largest absolute Gasteiger partial charge is 0.382 e. The number of nitrogens with zero attached hydrogens (tertiary/aromatic N) is 2. The highest BCUT2D eigenvalue weighted by Crippen LogP contribution is 2.29. The molecule has 54 valence electrons. The molecule has 1 aliphatic heterocycles. The molecular weight excluding hydrogens is 128 g/mol. The normalized spacial score (nSPS) is 30.6. The van der Waals surface area contributed by atoms with E-state index in [0.717, 1.165) is 18.8 Å². The van der Waals surface area contributed by atoms with Gasteiger partial charge in [-0.1, -0.05) is 0 Å².